The minimum atomic E-state index is -3.27. The SMILES string of the molecule is C[C@H]1OC(=O)[C@@H]2C[C@@H]3C[C@H](NS(C)(=O)=O)CC[C@H]3[C@H](C=Cc3ccc(-c4cccc(F)c4)cn3)[C@H]12. The Balaban J connectivity index is 1.37. The van der Waals surface area contributed by atoms with Crippen LogP contribution in [0.5, 0.6) is 0 Å². The molecule has 6 nitrogen and oxygen atoms in total. The Hall–Kier alpha value is -2.58. The van der Waals surface area contributed by atoms with Crippen LogP contribution < -0.4 is 4.72 Å². The van der Waals surface area contributed by atoms with Gasteiger partial charge in [0.1, 0.15) is 11.9 Å². The molecule has 186 valence electrons. The maximum atomic E-state index is 13.6. The Kier molecular flexibility index (Phi) is 6.53. The topological polar surface area (TPSA) is 85.4 Å². The molecule has 1 aliphatic heterocycles. The first-order valence-corrected chi connectivity index (χ1v) is 14.1. The van der Waals surface area contributed by atoms with Gasteiger partial charge in [-0.05, 0) is 80.2 Å². The number of esters is 1. The summed E-state index contributed by atoms with van der Waals surface area (Å²) < 4.78 is 45.5. The molecule has 7 atom stereocenters. The van der Waals surface area contributed by atoms with E-state index in [4.69, 9.17) is 4.74 Å². The Morgan fingerprint density at radius 3 is 2.69 bits per heavy atom. The zero-order chi connectivity index (χ0) is 24.7. The number of aromatic nitrogens is 1. The third kappa shape index (κ3) is 5.19. The molecule has 2 heterocycles. The number of benzene rings is 1. The van der Waals surface area contributed by atoms with Crippen LogP contribution >= 0.6 is 0 Å². The van der Waals surface area contributed by atoms with E-state index >= 15 is 0 Å². The van der Waals surface area contributed by atoms with Crippen LogP contribution in [0, 0.1) is 35.4 Å². The molecular formula is C27H31FN2O4S. The first kappa shape index (κ1) is 24.1. The molecule has 1 aromatic carbocycles. The van der Waals surface area contributed by atoms with E-state index < -0.39 is 10.0 Å². The number of hydrogen-bond donors (Lipinski definition) is 1. The van der Waals surface area contributed by atoms with Gasteiger partial charge < -0.3 is 4.74 Å². The van der Waals surface area contributed by atoms with Crippen molar-refractivity contribution in [3.63, 3.8) is 0 Å². The second-order valence-electron chi connectivity index (χ2n) is 10.3. The summed E-state index contributed by atoms with van der Waals surface area (Å²) in [6, 6.07) is 10.2. The molecular weight excluding hydrogens is 467 g/mol. The second-order valence-corrected chi connectivity index (χ2v) is 12.1. The van der Waals surface area contributed by atoms with E-state index in [1.165, 1.54) is 18.4 Å². The van der Waals surface area contributed by atoms with Crippen LogP contribution in [0.4, 0.5) is 4.39 Å². The van der Waals surface area contributed by atoms with E-state index in [1.807, 2.05) is 31.2 Å². The summed E-state index contributed by atoms with van der Waals surface area (Å²) in [5.74, 6) is 0.344. The highest BCUT2D eigenvalue weighted by Gasteiger charge is 2.54. The van der Waals surface area contributed by atoms with E-state index in [-0.39, 0.29) is 47.6 Å². The number of halogens is 1. The number of carbonyl (C=O) groups is 1. The van der Waals surface area contributed by atoms with Crippen molar-refractivity contribution in [1.29, 1.82) is 0 Å². The minimum Gasteiger partial charge on any atom is -0.462 e. The van der Waals surface area contributed by atoms with E-state index in [0.717, 1.165) is 42.5 Å². The molecule has 3 fully saturated rings. The van der Waals surface area contributed by atoms with Crippen LogP contribution in [-0.4, -0.2) is 37.8 Å². The maximum Gasteiger partial charge on any atom is 0.309 e. The van der Waals surface area contributed by atoms with Gasteiger partial charge in [0.25, 0.3) is 0 Å². The Bertz CT molecular complexity index is 1230. The quantitative estimate of drug-likeness (QED) is 0.617. The van der Waals surface area contributed by atoms with Gasteiger partial charge in [0, 0.05) is 23.7 Å². The van der Waals surface area contributed by atoms with Gasteiger partial charge in [0.15, 0.2) is 0 Å². The van der Waals surface area contributed by atoms with Gasteiger partial charge in [-0.1, -0.05) is 24.3 Å². The lowest BCUT2D eigenvalue weighted by Gasteiger charge is -2.47. The highest BCUT2D eigenvalue weighted by Crippen LogP contribution is 2.53. The molecule has 0 bridgehead atoms. The fourth-order valence-electron chi connectivity index (χ4n) is 6.58. The standard InChI is InChI=1S/C27H31FN2O4S/c1-16-26-24(11-8-21-7-6-18(15-29-21)17-4-3-5-20(28)12-17)23-10-9-22(30-35(2,32)33)13-19(23)14-25(26)27(31)34-16/h3-8,11-12,15-16,19,22-26,30H,9-10,13-14H2,1-2H3/t16-,19+,22-,23-,24+,25-,26+/m1/s1. The highest BCUT2D eigenvalue weighted by molar-refractivity contribution is 7.88. The number of nitrogens with zero attached hydrogens (tertiary/aromatic N) is 1. The average Bonchev–Trinajstić information content (AvgIpc) is 3.09. The molecule has 0 amide bonds. The number of carbonyl (C=O) groups excluding carboxylic acids is 1. The van der Waals surface area contributed by atoms with Crippen LogP contribution in [0.3, 0.4) is 0 Å². The smallest absolute Gasteiger partial charge is 0.309 e. The lowest BCUT2D eigenvalue weighted by Crippen LogP contribution is -2.48. The third-order valence-electron chi connectivity index (χ3n) is 7.96. The zero-order valence-corrected chi connectivity index (χ0v) is 20.7. The second kappa shape index (κ2) is 9.47. The van der Waals surface area contributed by atoms with E-state index in [0.29, 0.717) is 5.92 Å². The lowest BCUT2D eigenvalue weighted by atomic mass is 9.57. The van der Waals surface area contributed by atoms with Crippen molar-refractivity contribution in [2.75, 3.05) is 6.26 Å². The van der Waals surface area contributed by atoms with Gasteiger partial charge in [0.05, 0.1) is 17.9 Å². The number of sulfonamides is 1. The van der Waals surface area contributed by atoms with Gasteiger partial charge in [-0.15, -0.1) is 0 Å². The van der Waals surface area contributed by atoms with Crippen LogP contribution in [0.15, 0.2) is 48.7 Å². The largest absolute Gasteiger partial charge is 0.462 e. The predicted molar refractivity (Wildman–Crippen MR) is 132 cm³/mol. The molecule has 35 heavy (non-hydrogen) atoms. The fourth-order valence-corrected chi connectivity index (χ4v) is 7.40. The Morgan fingerprint density at radius 1 is 1.14 bits per heavy atom. The predicted octanol–water partition coefficient (Wildman–Crippen LogP) is 4.43. The van der Waals surface area contributed by atoms with Gasteiger partial charge in [-0.2, -0.15) is 0 Å². The molecule has 8 heteroatoms. The maximum absolute atomic E-state index is 13.6. The molecule has 2 aromatic rings. The van der Waals surface area contributed by atoms with Crippen molar-refractivity contribution < 1.29 is 22.3 Å². The Morgan fingerprint density at radius 2 is 1.97 bits per heavy atom. The van der Waals surface area contributed by atoms with Crippen molar-refractivity contribution in [1.82, 2.24) is 9.71 Å². The molecule has 2 saturated carbocycles. The first-order valence-electron chi connectivity index (χ1n) is 12.3. The fraction of sp³-hybridized carbons (Fsp3) is 0.481. The third-order valence-corrected chi connectivity index (χ3v) is 8.72. The molecule has 0 radical (unpaired) electrons. The molecule has 5 rings (SSSR count). The Labute approximate surface area is 206 Å². The summed E-state index contributed by atoms with van der Waals surface area (Å²) in [6.07, 6.45) is 10.2. The summed E-state index contributed by atoms with van der Waals surface area (Å²) in [5.41, 5.74) is 2.43. The average molecular weight is 499 g/mol. The number of allylic oxidation sites excluding steroid dienone is 1. The first-order chi connectivity index (χ1) is 16.7. The van der Waals surface area contributed by atoms with Crippen molar-refractivity contribution in [2.45, 2.75) is 44.8 Å². The van der Waals surface area contributed by atoms with E-state index in [9.17, 15) is 17.6 Å². The molecule has 1 N–H and O–H groups in total. The van der Waals surface area contributed by atoms with Crippen LogP contribution in [0.25, 0.3) is 17.2 Å². The van der Waals surface area contributed by atoms with Crippen molar-refractivity contribution in [3.05, 3.63) is 60.2 Å². The number of nitrogens with one attached hydrogen (secondary N) is 1. The zero-order valence-electron chi connectivity index (χ0n) is 19.9. The van der Waals surface area contributed by atoms with Crippen LogP contribution in [0.1, 0.15) is 38.3 Å². The molecule has 0 unspecified atom stereocenters. The van der Waals surface area contributed by atoms with Crippen molar-refractivity contribution >= 4 is 22.1 Å². The van der Waals surface area contributed by atoms with E-state index in [1.54, 1.807) is 12.3 Å². The summed E-state index contributed by atoms with van der Waals surface area (Å²) >= 11 is 0. The van der Waals surface area contributed by atoms with Gasteiger partial charge in [-0.3, -0.25) is 9.78 Å². The molecule has 1 aromatic heterocycles. The van der Waals surface area contributed by atoms with Crippen LogP contribution in [0.2, 0.25) is 0 Å². The van der Waals surface area contributed by atoms with Gasteiger partial charge in [0.2, 0.25) is 10.0 Å². The number of hydrogen-bond acceptors (Lipinski definition) is 5. The monoisotopic (exact) mass is 498 g/mol. The number of ether oxygens (including phenoxy) is 1. The highest BCUT2D eigenvalue weighted by atomic mass is 32.2. The number of fused-ring (bicyclic) bond motifs is 2. The summed E-state index contributed by atoms with van der Waals surface area (Å²) in [6.45, 7) is 1.98. The minimum absolute atomic E-state index is 0.0840. The van der Waals surface area contributed by atoms with Crippen molar-refractivity contribution in [3.8, 4) is 11.1 Å². The molecule has 0 spiro atoms. The molecule has 3 aliphatic rings. The number of cyclic esters (lactones) is 1. The summed E-state index contributed by atoms with van der Waals surface area (Å²) in [7, 11) is -3.27. The number of rotatable bonds is 5. The number of pyridine rings is 1. The van der Waals surface area contributed by atoms with Crippen molar-refractivity contribution in [2.24, 2.45) is 29.6 Å². The summed E-state index contributed by atoms with van der Waals surface area (Å²) in [4.78, 5) is 17.2. The van der Waals surface area contributed by atoms with Crippen LogP contribution in [-0.2, 0) is 19.6 Å². The normalized spacial score (nSPS) is 32.8. The molecule has 2 aliphatic carbocycles. The summed E-state index contributed by atoms with van der Waals surface area (Å²) in [5, 5.41) is 0. The molecule has 1 saturated heterocycles. The van der Waals surface area contributed by atoms with Gasteiger partial charge in [-0.25, -0.2) is 17.5 Å². The van der Waals surface area contributed by atoms with Gasteiger partial charge >= 0.3 is 5.97 Å². The lowest BCUT2D eigenvalue weighted by molar-refractivity contribution is -0.144. The van der Waals surface area contributed by atoms with E-state index in [2.05, 4.69) is 15.8 Å².